The highest BCUT2D eigenvalue weighted by Crippen LogP contribution is 2.30. The highest BCUT2D eigenvalue weighted by molar-refractivity contribution is 5.90. The third-order valence-corrected chi connectivity index (χ3v) is 5.90. The lowest BCUT2D eigenvalue weighted by Crippen LogP contribution is -2.57. The van der Waals surface area contributed by atoms with E-state index in [1.807, 2.05) is 43.3 Å². The number of rotatable bonds is 6. The highest BCUT2D eigenvalue weighted by atomic mass is 16.6. The SMILES string of the molecule is Cc1cc(O[C@@H]2C[C@@H](C(=O)O)N(C(=O)[C@@H](NC(=O)OC(C)(C)C)C(C)(C)C)C2)cc(-c2ccccc2)n1. The van der Waals surface area contributed by atoms with Crippen LogP contribution in [0, 0.1) is 12.3 Å². The number of benzene rings is 1. The number of carboxylic acid groups (broad SMARTS) is 1. The van der Waals surface area contributed by atoms with Crippen LogP contribution in [-0.4, -0.2) is 63.3 Å². The normalized spacial score (nSPS) is 18.7. The van der Waals surface area contributed by atoms with E-state index >= 15 is 0 Å². The van der Waals surface area contributed by atoms with Gasteiger partial charge in [0.2, 0.25) is 5.91 Å². The minimum Gasteiger partial charge on any atom is -0.488 e. The summed E-state index contributed by atoms with van der Waals surface area (Å²) in [5.41, 5.74) is 0.997. The molecule has 1 fully saturated rings. The van der Waals surface area contributed by atoms with Crippen molar-refractivity contribution in [3.63, 3.8) is 0 Å². The Hall–Kier alpha value is -3.62. The Balaban J connectivity index is 1.81. The second-order valence-electron chi connectivity index (χ2n) is 11.5. The van der Waals surface area contributed by atoms with Crippen molar-refractivity contribution < 1.29 is 29.0 Å². The van der Waals surface area contributed by atoms with Crippen LogP contribution in [0.1, 0.15) is 53.7 Å². The zero-order valence-electron chi connectivity index (χ0n) is 22.6. The van der Waals surface area contributed by atoms with Crippen molar-refractivity contribution in [2.75, 3.05) is 6.54 Å². The van der Waals surface area contributed by atoms with Crippen LogP contribution in [0.4, 0.5) is 4.79 Å². The fraction of sp³-hybridized carbons (Fsp3) is 0.500. The van der Waals surface area contributed by atoms with E-state index in [0.29, 0.717) is 5.75 Å². The summed E-state index contributed by atoms with van der Waals surface area (Å²) < 4.78 is 11.5. The molecule has 9 heteroatoms. The number of hydrogen-bond donors (Lipinski definition) is 2. The van der Waals surface area contributed by atoms with Crippen LogP contribution in [0.25, 0.3) is 11.3 Å². The topological polar surface area (TPSA) is 118 Å². The van der Waals surface area contributed by atoms with Crippen molar-refractivity contribution in [1.29, 1.82) is 0 Å². The Morgan fingerprint density at radius 2 is 1.73 bits per heavy atom. The van der Waals surface area contributed by atoms with Gasteiger partial charge in [-0.1, -0.05) is 51.1 Å². The van der Waals surface area contributed by atoms with Gasteiger partial charge in [0, 0.05) is 29.8 Å². The van der Waals surface area contributed by atoms with Gasteiger partial charge >= 0.3 is 12.1 Å². The molecule has 0 bridgehead atoms. The first kappa shape index (κ1) is 28.0. The number of aryl methyl sites for hydroxylation is 1. The van der Waals surface area contributed by atoms with Gasteiger partial charge in [-0.15, -0.1) is 0 Å². The van der Waals surface area contributed by atoms with Crippen molar-refractivity contribution in [3.05, 3.63) is 48.2 Å². The fourth-order valence-electron chi connectivity index (χ4n) is 4.25. The van der Waals surface area contributed by atoms with Gasteiger partial charge in [-0.25, -0.2) is 9.59 Å². The van der Waals surface area contributed by atoms with E-state index in [2.05, 4.69) is 10.3 Å². The molecule has 0 unspecified atom stereocenters. The van der Waals surface area contributed by atoms with Gasteiger partial charge in [-0.05, 0) is 33.1 Å². The minimum atomic E-state index is -1.12. The number of aromatic nitrogens is 1. The monoisotopic (exact) mass is 511 g/mol. The number of hydrogen-bond acceptors (Lipinski definition) is 6. The third kappa shape index (κ3) is 7.44. The van der Waals surface area contributed by atoms with E-state index in [0.717, 1.165) is 17.0 Å². The fourth-order valence-corrected chi connectivity index (χ4v) is 4.25. The number of carboxylic acids is 1. The summed E-state index contributed by atoms with van der Waals surface area (Å²) >= 11 is 0. The van der Waals surface area contributed by atoms with E-state index in [4.69, 9.17) is 9.47 Å². The summed E-state index contributed by atoms with van der Waals surface area (Å²) in [6, 6.07) is 11.2. The molecule has 200 valence electrons. The summed E-state index contributed by atoms with van der Waals surface area (Å²) in [7, 11) is 0. The molecular formula is C28H37N3O6. The summed E-state index contributed by atoms with van der Waals surface area (Å²) in [5.74, 6) is -1.07. The van der Waals surface area contributed by atoms with Crippen molar-refractivity contribution in [2.45, 2.75) is 78.7 Å². The predicted octanol–water partition coefficient (Wildman–Crippen LogP) is 4.43. The van der Waals surface area contributed by atoms with Crippen LogP contribution in [-0.2, 0) is 14.3 Å². The molecule has 3 rings (SSSR count). The lowest BCUT2D eigenvalue weighted by atomic mass is 9.85. The zero-order chi connectivity index (χ0) is 27.5. The lowest BCUT2D eigenvalue weighted by molar-refractivity contribution is -0.150. The van der Waals surface area contributed by atoms with Gasteiger partial charge in [0.05, 0.1) is 12.2 Å². The third-order valence-electron chi connectivity index (χ3n) is 5.90. The molecule has 37 heavy (non-hydrogen) atoms. The molecule has 2 aromatic rings. The van der Waals surface area contributed by atoms with Crippen molar-refractivity contribution in [1.82, 2.24) is 15.2 Å². The number of carbonyl (C=O) groups is 3. The molecule has 2 heterocycles. The molecule has 2 amide bonds. The number of likely N-dealkylation sites (tertiary alicyclic amines) is 1. The number of alkyl carbamates (subject to hydrolysis) is 1. The average molecular weight is 512 g/mol. The van der Waals surface area contributed by atoms with Gasteiger partial charge in [0.15, 0.2) is 0 Å². The number of nitrogens with zero attached hydrogens (tertiary/aromatic N) is 2. The molecule has 3 atom stereocenters. The Kier molecular flexibility index (Phi) is 8.15. The van der Waals surface area contributed by atoms with Crippen LogP contribution in [0.2, 0.25) is 0 Å². The number of aliphatic carboxylic acids is 1. The molecular weight excluding hydrogens is 474 g/mol. The van der Waals surface area contributed by atoms with Gasteiger partial charge in [-0.3, -0.25) is 9.78 Å². The highest BCUT2D eigenvalue weighted by Gasteiger charge is 2.46. The summed E-state index contributed by atoms with van der Waals surface area (Å²) in [6.07, 6.45) is -1.16. The molecule has 0 aliphatic carbocycles. The van der Waals surface area contributed by atoms with E-state index in [1.54, 1.807) is 47.6 Å². The molecule has 1 aliphatic rings. The Morgan fingerprint density at radius 1 is 1.08 bits per heavy atom. The van der Waals surface area contributed by atoms with Crippen LogP contribution in [0.5, 0.6) is 5.75 Å². The molecule has 1 aromatic heterocycles. The Morgan fingerprint density at radius 3 is 2.30 bits per heavy atom. The first-order chi connectivity index (χ1) is 17.1. The first-order valence-electron chi connectivity index (χ1n) is 12.4. The van der Waals surface area contributed by atoms with Gasteiger partial charge in [0.1, 0.15) is 29.5 Å². The Labute approximate surface area is 218 Å². The van der Waals surface area contributed by atoms with E-state index in [1.165, 1.54) is 4.90 Å². The predicted molar refractivity (Wildman–Crippen MR) is 139 cm³/mol. The van der Waals surface area contributed by atoms with E-state index in [-0.39, 0.29) is 13.0 Å². The maximum atomic E-state index is 13.6. The van der Waals surface area contributed by atoms with Crippen LogP contribution in [0.15, 0.2) is 42.5 Å². The van der Waals surface area contributed by atoms with Crippen LogP contribution >= 0.6 is 0 Å². The Bertz CT molecular complexity index is 1140. The van der Waals surface area contributed by atoms with Crippen molar-refractivity contribution >= 4 is 18.0 Å². The summed E-state index contributed by atoms with van der Waals surface area (Å²) in [6.45, 7) is 12.5. The molecule has 2 N–H and O–H groups in total. The largest absolute Gasteiger partial charge is 0.488 e. The summed E-state index contributed by atoms with van der Waals surface area (Å²) in [5, 5.41) is 12.6. The minimum absolute atomic E-state index is 0.0699. The number of amides is 2. The standard InChI is InChI=1S/C28H37N3O6/c1-17-13-19(14-21(29-17)18-11-9-8-10-12-18)36-20-15-22(25(33)34)31(16-20)24(32)23(27(2,3)4)30-26(35)37-28(5,6)7/h8-14,20,22-23H,15-16H2,1-7H3,(H,30,35)(H,33,34)/t20-,22+,23-/m1/s1. The van der Waals surface area contributed by atoms with E-state index < -0.39 is 47.2 Å². The second kappa shape index (κ2) is 10.8. The molecule has 0 radical (unpaired) electrons. The lowest BCUT2D eigenvalue weighted by Gasteiger charge is -2.35. The van der Waals surface area contributed by atoms with Crippen molar-refractivity contribution in [3.8, 4) is 17.0 Å². The van der Waals surface area contributed by atoms with Gasteiger partial charge < -0.3 is 24.8 Å². The molecule has 1 saturated heterocycles. The molecule has 9 nitrogen and oxygen atoms in total. The second-order valence-corrected chi connectivity index (χ2v) is 11.5. The van der Waals surface area contributed by atoms with Crippen LogP contribution in [0.3, 0.4) is 0 Å². The first-order valence-corrected chi connectivity index (χ1v) is 12.4. The average Bonchev–Trinajstić information content (AvgIpc) is 3.19. The molecule has 1 aromatic carbocycles. The molecule has 0 spiro atoms. The number of ether oxygens (including phenoxy) is 2. The molecule has 0 saturated carbocycles. The maximum Gasteiger partial charge on any atom is 0.408 e. The van der Waals surface area contributed by atoms with Gasteiger partial charge in [0.25, 0.3) is 0 Å². The number of carbonyl (C=O) groups excluding carboxylic acids is 2. The van der Waals surface area contributed by atoms with Gasteiger partial charge in [-0.2, -0.15) is 0 Å². The van der Waals surface area contributed by atoms with Crippen molar-refractivity contribution in [2.24, 2.45) is 5.41 Å². The maximum absolute atomic E-state index is 13.6. The van der Waals surface area contributed by atoms with E-state index in [9.17, 15) is 19.5 Å². The summed E-state index contributed by atoms with van der Waals surface area (Å²) in [4.78, 5) is 44.1. The zero-order valence-corrected chi connectivity index (χ0v) is 22.6. The van der Waals surface area contributed by atoms with Crippen LogP contribution < -0.4 is 10.1 Å². The number of pyridine rings is 1. The smallest absolute Gasteiger partial charge is 0.408 e. The number of nitrogens with one attached hydrogen (secondary N) is 1. The quantitative estimate of drug-likeness (QED) is 0.589. The molecule has 1 aliphatic heterocycles.